The fourth-order valence-corrected chi connectivity index (χ4v) is 2.92. The van der Waals surface area contributed by atoms with E-state index in [1.165, 1.54) is 17.0 Å². The van der Waals surface area contributed by atoms with Crippen LogP contribution in [0.25, 0.3) is 0 Å². The van der Waals surface area contributed by atoms with Crippen LogP contribution in [0.3, 0.4) is 0 Å². The quantitative estimate of drug-likeness (QED) is 0.869. The lowest BCUT2D eigenvalue weighted by Gasteiger charge is -2.17. The summed E-state index contributed by atoms with van der Waals surface area (Å²) in [5, 5.41) is 8.85. The van der Waals surface area contributed by atoms with E-state index in [9.17, 15) is 14.0 Å². The van der Waals surface area contributed by atoms with Crippen LogP contribution in [-0.4, -0.2) is 35.0 Å². The minimum absolute atomic E-state index is 0.264. The Morgan fingerprint density at radius 2 is 1.84 bits per heavy atom. The Morgan fingerprint density at radius 3 is 2.56 bits per heavy atom. The first-order valence-corrected chi connectivity index (χ1v) is 8.04. The molecule has 2 aromatic rings. The summed E-state index contributed by atoms with van der Waals surface area (Å²) in [6, 6.07) is 11.9. The topological polar surface area (TPSA) is 66.8 Å². The normalized spacial score (nSPS) is 13.7. The van der Waals surface area contributed by atoms with Crippen LogP contribution in [0.15, 0.2) is 42.5 Å². The molecule has 0 saturated carbocycles. The second-order valence-corrected chi connectivity index (χ2v) is 5.95. The summed E-state index contributed by atoms with van der Waals surface area (Å²) >= 11 is 0. The molecule has 0 spiro atoms. The molecular formula is C19H18FNO4. The van der Waals surface area contributed by atoms with Crippen molar-refractivity contribution in [2.75, 3.05) is 13.1 Å². The van der Waals surface area contributed by atoms with Gasteiger partial charge in [-0.2, -0.15) is 0 Å². The van der Waals surface area contributed by atoms with Crippen LogP contribution >= 0.6 is 0 Å². The van der Waals surface area contributed by atoms with Crippen LogP contribution in [0.1, 0.15) is 16.7 Å². The number of aliphatic carboxylic acids is 1. The fraction of sp³-hybridized carbons (Fsp3) is 0.263. The minimum Gasteiger partial charge on any atom is -0.489 e. The average Bonchev–Trinajstić information content (AvgIpc) is 2.81. The SMILES string of the molecule is O=C(O)C(=O)N1CCc2ccc(OCc3cccc(F)c3)cc2CC1. The first-order chi connectivity index (χ1) is 12.0. The molecule has 1 N–H and O–H groups in total. The van der Waals surface area contributed by atoms with Crippen LogP contribution in [0.2, 0.25) is 0 Å². The van der Waals surface area contributed by atoms with E-state index in [2.05, 4.69) is 0 Å². The number of halogens is 1. The van der Waals surface area contributed by atoms with Gasteiger partial charge in [-0.1, -0.05) is 18.2 Å². The summed E-state index contributed by atoms with van der Waals surface area (Å²) in [7, 11) is 0. The molecule has 0 unspecified atom stereocenters. The highest BCUT2D eigenvalue weighted by Gasteiger charge is 2.23. The Labute approximate surface area is 144 Å². The zero-order valence-electron chi connectivity index (χ0n) is 13.6. The molecule has 5 nitrogen and oxygen atoms in total. The van der Waals surface area contributed by atoms with Crippen LogP contribution in [0.4, 0.5) is 4.39 Å². The Bertz CT molecular complexity index is 806. The third kappa shape index (κ3) is 4.15. The van der Waals surface area contributed by atoms with Crippen LogP contribution in [-0.2, 0) is 29.0 Å². The Morgan fingerprint density at radius 1 is 1.08 bits per heavy atom. The number of carbonyl (C=O) groups is 2. The third-order valence-electron chi connectivity index (χ3n) is 4.24. The summed E-state index contributed by atoms with van der Waals surface area (Å²) in [4.78, 5) is 23.8. The number of carboxylic acids is 1. The summed E-state index contributed by atoms with van der Waals surface area (Å²) < 4.78 is 18.9. The van der Waals surface area contributed by atoms with Crippen LogP contribution < -0.4 is 4.74 Å². The number of fused-ring (bicyclic) bond motifs is 1. The molecule has 0 aromatic heterocycles. The van der Waals surface area contributed by atoms with Gasteiger partial charge in [0.05, 0.1) is 0 Å². The molecule has 0 atom stereocenters. The summed E-state index contributed by atoms with van der Waals surface area (Å²) in [5.41, 5.74) is 2.87. The Balaban J connectivity index is 1.67. The maximum Gasteiger partial charge on any atom is 0.394 e. The Hall–Kier alpha value is -2.89. The summed E-state index contributed by atoms with van der Waals surface area (Å²) in [5.74, 6) is -1.92. The van der Waals surface area contributed by atoms with Crippen molar-refractivity contribution in [2.45, 2.75) is 19.4 Å². The molecule has 2 aromatic carbocycles. The molecule has 3 rings (SSSR count). The molecule has 0 fully saturated rings. The molecule has 0 saturated heterocycles. The second-order valence-electron chi connectivity index (χ2n) is 5.95. The summed E-state index contributed by atoms with van der Waals surface area (Å²) in [6.45, 7) is 1.02. The highest BCUT2D eigenvalue weighted by molar-refractivity contribution is 6.31. The first-order valence-electron chi connectivity index (χ1n) is 8.04. The maximum atomic E-state index is 13.2. The van der Waals surface area contributed by atoms with Gasteiger partial charge in [0.1, 0.15) is 18.2 Å². The van der Waals surface area contributed by atoms with E-state index in [0.717, 1.165) is 16.7 Å². The fourth-order valence-electron chi connectivity index (χ4n) is 2.92. The number of nitrogens with zero attached hydrogens (tertiary/aromatic N) is 1. The first kappa shape index (κ1) is 17.0. The molecular weight excluding hydrogens is 325 g/mol. The minimum atomic E-state index is -1.43. The molecule has 0 radical (unpaired) electrons. The molecule has 1 aliphatic heterocycles. The Kier molecular flexibility index (Phi) is 4.97. The zero-order chi connectivity index (χ0) is 17.8. The molecule has 6 heteroatoms. The van der Waals surface area contributed by atoms with Crippen molar-refractivity contribution >= 4 is 11.9 Å². The number of benzene rings is 2. The number of amides is 1. The standard InChI is InChI=1S/C19H18FNO4/c20-16-3-1-2-13(10-16)12-25-17-5-4-14-6-8-21(18(22)19(23)24)9-7-15(14)11-17/h1-5,10-11H,6-9,12H2,(H,23,24). The van der Waals surface area contributed by atoms with E-state index < -0.39 is 11.9 Å². The van der Waals surface area contributed by atoms with Crippen molar-refractivity contribution in [1.82, 2.24) is 4.90 Å². The van der Waals surface area contributed by atoms with Gasteiger partial charge in [-0.3, -0.25) is 4.79 Å². The van der Waals surface area contributed by atoms with Crippen molar-refractivity contribution < 1.29 is 23.8 Å². The average molecular weight is 343 g/mol. The predicted octanol–water partition coefficient (Wildman–Crippen LogP) is 2.42. The number of carbonyl (C=O) groups excluding carboxylic acids is 1. The van der Waals surface area contributed by atoms with E-state index in [1.807, 2.05) is 18.2 Å². The van der Waals surface area contributed by atoms with E-state index in [4.69, 9.17) is 9.84 Å². The molecule has 0 aliphatic carbocycles. The molecule has 1 aliphatic rings. The molecule has 0 bridgehead atoms. The van der Waals surface area contributed by atoms with Crippen LogP contribution in [0, 0.1) is 5.82 Å². The zero-order valence-corrected chi connectivity index (χ0v) is 13.6. The van der Waals surface area contributed by atoms with Gasteiger partial charge in [-0.05, 0) is 53.8 Å². The van der Waals surface area contributed by atoms with Crippen molar-refractivity contribution in [1.29, 1.82) is 0 Å². The smallest absolute Gasteiger partial charge is 0.394 e. The molecule has 1 heterocycles. The van der Waals surface area contributed by atoms with E-state index in [-0.39, 0.29) is 12.4 Å². The van der Waals surface area contributed by atoms with E-state index >= 15 is 0 Å². The van der Waals surface area contributed by atoms with Gasteiger partial charge in [0.25, 0.3) is 0 Å². The highest BCUT2D eigenvalue weighted by atomic mass is 19.1. The third-order valence-corrected chi connectivity index (χ3v) is 4.24. The van der Waals surface area contributed by atoms with Gasteiger partial charge < -0.3 is 14.7 Å². The monoisotopic (exact) mass is 343 g/mol. The van der Waals surface area contributed by atoms with E-state index in [1.54, 1.807) is 12.1 Å². The number of hydrogen-bond donors (Lipinski definition) is 1. The predicted molar refractivity (Wildman–Crippen MR) is 88.8 cm³/mol. The highest BCUT2D eigenvalue weighted by Crippen LogP contribution is 2.23. The number of hydrogen-bond acceptors (Lipinski definition) is 3. The van der Waals surface area contributed by atoms with Gasteiger partial charge in [0, 0.05) is 13.1 Å². The molecule has 25 heavy (non-hydrogen) atoms. The van der Waals surface area contributed by atoms with Gasteiger partial charge in [0.15, 0.2) is 0 Å². The molecule has 1 amide bonds. The van der Waals surface area contributed by atoms with Gasteiger partial charge in [-0.25, -0.2) is 9.18 Å². The number of rotatable bonds is 3. The van der Waals surface area contributed by atoms with Crippen molar-refractivity contribution in [2.24, 2.45) is 0 Å². The number of carboxylic acid groups (broad SMARTS) is 1. The van der Waals surface area contributed by atoms with Gasteiger partial charge in [-0.15, -0.1) is 0 Å². The molecule has 130 valence electrons. The van der Waals surface area contributed by atoms with Crippen molar-refractivity contribution in [3.8, 4) is 5.75 Å². The van der Waals surface area contributed by atoms with E-state index in [0.29, 0.717) is 31.7 Å². The summed E-state index contributed by atoms with van der Waals surface area (Å²) in [6.07, 6.45) is 1.18. The van der Waals surface area contributed by atoms with Gasteiger partial charge in [0.2, 0.25) is 0 Å². The largest absolute Gasteiger partial charge is 0.489 e. The lowest BCUT2D eigenvalue weighted by atomic mass is 10.0. The maximum absolute atomic E-state index is 13.2. The second kappa shape index (κ2) is 7.34. The van der Waals surface area contributed by atoms with Crippen molar-refractivity contribution in [3.05, 3.63) is 65.0 Å². The lowest BCUT2D eigenvalue weighted by Crippen LogP contribution is -2.38. The number of ether oxygens (including phenoxy) is 1. The van der Waals surface area contributed by atoms with Gasteiger partial charge >= 0.3 is 11.9 Å². The van der Waals surface area contributed by atoms with Crippen LogP contribution in [0.5, 0.6) is 5.75 Å². The van der Waals surface area contributed by atoms with Crippen molar-refractivity contribution in [3.63, 3.8) is 0 Å². The lowest BCUT2D eigenvalue weighted by molar-refractivity contribution is -0.155.